The van der Waals surface area contributed by atoms with E-state index in [-0.39, 0.29) is 16.9 Å². The summed E-state index contributed by atoms with van der Waals surface area (Å²) in [4.78, 5) is 16.4. The van der Waals surface area contributed by atoms with Gasteiger partial charge in [-0.1, -0.05) is 0 Å². The maximum absolute atomic E-state index is 13.4. The Labute approximate surface area is 146 Å². The lowest BCUT2D eigenvalue weighted by atomic mass is 10.1. The number of amides is 1. The molecule has 130 valence electrons. The number of halogens is 3. The number of fused-ring (bicyclic) bond motifs is 1. The van der Waals surface area contributed by atoms with Crippen molar-refractivity contribution in [2.45, 2.75) is 6.43 Å². The van der Waals surface area contributed by atoms with Crippen molar-refractivity contribution in [1.29, 1.82) is 0 Å². The third-order valence-corrected chi connectivity index (χ3v) is 3.73. The molecule has 2 aromatic heterocycles. The number of rotatable bonds is 5. The molecule has 0 saturated heterocycles. The second-order valence-electron chi connectivity index (χ2n) is 5.15. The predicted octanol–water partition coefficient (Wildman–Crippen LogP) is 3.13. The summed E-state index contributed by atoms with van der Waals surface area (Å²) in [5.74, 6) is -0.496. The molecule has 0 fully saturated rings. The molecule has 1 N–H and O–H groups in total. The Kier molecular flexibility index (Phi) is 4.93. The zero-order chi connectivity index (χ0) is 18.0. The van der Waals surface area contributed by atoms with Crippen molar-refractivity contribution < 1.29 is 18.0 Å². The monoisotopic (exact) mass is 366 g/mol. The molecule has 0 aliphatic rings. The predicted molar refractivity (Wildman–Crippen MR) is 89.5 cm³/mol. The van der Waals surface area contributed by atoms with E-state index in [0.717, 1.165) is 4.52 Å². The van der Waals surface area contributed by atoms with E-state index in [0.29, 0.717) is 17.9 Å². The van der Waals surface area contributed by atoms with Crippen molar-refractivity contribution in [2.75, 3.05) is 12.3 Å². The summed E-state index contributed by atoms with van der Waals surface area (Å²) < 4.78 is 40.8. The molecule has 0 aliphatic carbocycles. The van der Waals surface area contributed by atoms with Gasteiger partial charge in [-0.2, -0.15) is 17.7 Å². The quantitative estimate of drug-likeness (QED) is 0.682. The molecule has 0 radical (unpaired) electrons. The molecule has 1 amide bonds. The Bertz CT molecular complexity index is 912. The average molecular weight is 366 g/mol. The number of carbonyl (C=O) groups excluding carboxylic acids is 1. The van der Waals surface area contributed by atoms with Crippen LogP contribution in [0.25, 0.3) is 16.9 Å². The van der Waals surface area contributed by atoms with Crippen LogP contribution in [0, 0.1) is 5.82 Å². The summed E-state index contributed by atoms with van der Waals surface area (Å²) in [6.07, 6.45) is -1.63. The van der Waals surface area contributed by atoms with Crippen LogP contribution in [0.1, 0.15) is 22.5 Å². The first-order valence-electron chi connectivity index (χ1n) is 7.33. The van der Waals surface area contributed by atoms with Gasteiger partial charge >= 0.3 is 0 Å². The van der Waals surface area contributed by atoms with Gasteiger partial charge in [0.2, 0.25) is 0 Å². The van der Waals surface area contributed by atoms with Crippen molar-refractivity contribution in [3.05, 3.63) is 53.6 Å². The fourth-order valence-electron chi connectivity index (χ4n) is 2.33. The lowest BCUT2D eigenvalue weighted by molar-refractivity contribution is 0.0957. The van der Waals surface area contributed by atoms with Crippen molar-refractivity contribution in [2.24, 2.45) is 0 Å². The third kappa shape index (κ3) is 3.46. The molecule has 0 aliphatic heterocycles. The van der Waals surface area contributed by atoms with Gasteiger partial charge in [0.1, 0.15) is 17.1 Å². The van der Waals surface area contributed by atoms with Gasteiger partial charge in [0.15, 0.2) is 5.65 Å². The number of benzene rings is 1. The Morgan fingerprint density at radius 2 is 2.00 bits per heavy atom. The Morgan fingerprint density at radius 3 is 2.64 bits per heavy atom. The van der Waals surface area contributed by atoms with Crippen LogP contribution < -0.4 is 5.32 Å². The molecule has 9 heteroatoms. The zero-order valence-electron chi connectivity index (χ0n) is 12.8. The molecule has 0 unspecified atom stereocenters. The number of thiol groups is 1. The number of hydrogen-bond acceptors (Lipinski definition) is 4. The highest BCUT2D eigenvalue weighted by atomic mass is 32.1. The van der Waals surface area contributed by atoms with Crippen molar-refractivity contribution in [3.8, 4) is 11.3 Å². The van der Waals surface area contributed by atoms with Crippen LogP contribution in [-0.2, 0) is 0 Å². The fraction of sp³-hybridized carbons (Fsp3) is 0.188. The van der Waals surface area contributed by atoms with E-state index in [1.165, 1.54) is 36.5 Å². The summed E-state index contributed by atoms with van der Waals surface area (Å²) in [6.45, 7) is 0.318. The van der Waals surface area contributed by atoms with E-state index in [4.69, 9.17) is 0 Å². The second-order valence-corrected chi connectivity index (χ2v) is 5.59. The van der Waals surface area contributed by atoms with E-state index < -0.39 is 23.8 Å². The SMILES string of the molecule is O=C(NCCS)c1cnn2c(C(F)F)cc(-c3ccc(F)cc3)nc12. The van der Waals surface area contributed by atoms with Crippen LogP contribution >= 0.6 is 12.6 Å². The van der Waals surface area contributed by atoms with E-state index in [9.17, 15) is 18.0 Å². The van der Waals surface area contributed by atoms with Gasteiger partial charge in [-0.05, 0) is 30.3 Å². The van der Waals surface area contributed by atoms with E-state index >= 15 is 0 Å². The van der Waals surface area contributed by atoms with Crippen molar-refractivity contribution in [3.63, 3.8) is 0 Å². The molecule has 0 saturated carbocycles. The number of hydrogen-bond donors (Lipinski definition) is 2. The zero-order valence-corrected chi connectivity index (χ0v) is 13.7. The standard InChI is InChI=1S/C16H13F3N4OS/c17-10-3-1-9(2-4-10)12-7-13(14(18)19)23-15(22-12)11(8-21-23)16(24)20-5-6-25/h1-4,7-8,14,25H,5-6H2,(H,20,24). The largest absolute Gasteiger partial charge is 0.351 e. The first-order valence-corrected chi connectivity index (χ1v) is 7.96. The molecule has 2 heterocycles. The van der Waals surface area contributed by atoms with Crippen LogP contribution in [0.3, 0.4) is 0 Å². The molecule has 0 spiro atoms. The normalized spacial score (nSPS) is 11.2. The summed E-state index contributed by atoms with van der Waals surface area (Å²) >= 11 is 4.00. The summed E-state index contributed by atoms with van der Waals surface area (Å²) in [5.41, 5.74) is 0.333. The van der Waals surface area contributed by atoms with Crippen LogP contribution in [0.5, 0.6) is 0 Å². The van der Waals surface area contributed by atoms with E-state index in [1.54, 1.807) is 0 Å². The van der Waals surface area contributed by atoms with Gasteiger partial charge in [0, 0.05) is 17.9 Å². The lowest BCUT2D eigenvalue weighted by Gasteiger charge is -2.08. The molecular formula is C16H13F3N4OS. The van der Waals surface area contributed by atoms with Gasteiger partial charge in [0.25, 0.3) is 12.3 Å². The number of carbonyl (C=O) groups is 1. The second kappa shape index (κ2) is 7.14. The van der Waals surface area contributed by atoms with Crippen molar-refractivity contribution in [1.82, 2.24) is 19.9 Å². The van der Waals surface area contributed by atoms with Crippen LogP contribution in [0.4, 0.5) is 13.2 Å². The van der Waals surface area contributed by atoms with Crippen LogP contribution in [0.15, 0.2) is 36.5 Å². The minimum atomic E-state index is -2.82. The molecule has 25 heavy (non-hydrogen) atoms. The lowest BCUT2D eigenvalue weighted by Crippen LogP contribution is -2.25. The van der Waals surface area contributed by atoms with Crippen LogP contribution in [-0.4, -0.2) is 32.8 Å². The number of alkyl halides is 2. The maximum atomic E-state index is 13.4. The maximum Gasteiger partial charge on any atom is 0.280 e. The summed E-state index contributed by atoms with van der Waals surface area (Å²) in [5, 5.41) is 6.45. The highest BCUT2D eigenvalue weighted by Crippen LogP contribution is 2.26. The number of nitrogens with one attached hydrogen (secondary N) is 1. The first kappa shape index (κ1) is 17.3. The Morgan fingerprint density at radius 1 is 1.28 bits per heavy atom. The highest BCUT2D eigenvalue weighted by Gasteiger charge is 2.21. The summed E-state index contributed by atoms with van der Waals surface area (Å²) in [7, 11) is 0. The number of nitrogens with zero attached hydrogens (tertiary/aromatic N) is 3. The average Bonchev–Trinajstić information content (AvgIpc) is 3.03. The smallest absolute Gasteiger partial charge is 0.280 e. The van der Waals surface area contributed by atoms with Gasteiger partial charge in [-0.15, -0.1) is 0 Å². The van der Waals surface area contributed by atoms with E-state index in [2.05, 4.69) is 28.0 Å². The molecule has 0 atom stereocenters. The van der Waals surface area contributed by atoms with Crippen LogP contribution in [0.2, 0.25) is 0 Å². The van der Waals surface area contributed by atoms with E-state index in [1.807, 2.05) is 0 Å². The topological polar surface area (TPSA) is 59.3 Å². The summed E-state index contributed by atoms with van der Waals surface area (Å²) in [6, 6.07) is 6.45. The molecule has 0 bridgehead atoms. The molecule has 3 rings (SSSR count). The van der Waals surface area contributed by atoms with Gasteiger partial charge < -0.3 is 5.32 Å². The first-order chi connectivity index (χ1) is 12.0. The Hall–Kier alpha value is -2.55. The Balaban J connectivity index is 2.16. The van der Waals surface area contributed by atoms with Gasteiger partial charge in [-0.25, -0.2) is 22.7 Å². The number of aromatic nitrogens is 3. The third-order valence-electron chi connectivity index (χ3n) is 3.50. The molecule has 3 aromatic rings. The molecular weight excluding hydrogens is 353 g/mol. The minimum absolute atomic E-state index is 0.00814. The molecule has 5 nitrogen and oxygen atoms in total. The highest BCUT2D eigenvalue weighted by molar-refractivity contribution is 7.80. The van der Waals surface area contributed by atoms with Crippen molar-refractivity contribution >= 4 is 24.2 Å². The van der Waals surface area contributed by atoms with Gasteiger partial charge in [0.05, 0.1) is 11.9 Å². The molecule has 1 aromatic carbocycles. The fourth-order valence-corrected chi connectivity index (χ4v) is 2.45. The minimum Gasteiger partial charge on any atom is -0.351 e. The van der Waals surface area contributed by atoms with Gasteiger partial charge in [-0.3, -0.25) is 4.79 Å².